The molecule has 0 fully saturated rings. The van der Waals surface area contributed by atoms with E-state index in [0.717, 1.165) is 6.42 Å². The van der Waals surface area contributed by atoms with E-state index in [-0.39, 0.29) is 0 Å². The Kier molecular flexibility index (Phi) is 10.5. The fraction of sp³-hybridized carbons (Fsp3) is 0.462. The van der Waals surface area contributed by atoms with Crippen LogP contribution in [0.15, 0.2) is 36.4 Å². The molecule has 0 aliphatic heterocycles. The number of hydrogen-bond donors (Lipinski definition) is 0. The summed E-state index contributed by atoms with van der Waals surface area (Å²) in [5.74, 6) is 0. The highest BCUT2D eigenvalue weighted by atomic mass is 13.9. The van der Waals surface area contributed by atoms with Gasteiger partial charge in [-0.25, -0.2) is 0 Å². The fourth-order valence-corrected chi connectivity index (χ4v) is 0.988. The standard InChI is InChI=1S/C7H15.C6H6/c1-3-5-7-6-4-2;1-2-4-6-5-3-1/h1,3-7H2,2H3;1-6H. The zero-order chi connectivity index (χ0) is 9.78. The van der Waals surface area contributed by atoms with E-state index >= 15 is 0 Å². The van der Waals surface area contributed by atoms with Crippen LogP contribution in [0.4, 0.5) is 0 Å². The Morgan fingerprint density at radius 3 is 1.54 bits per heavy atom. The Morgan fingerprint density at radius 1 is 0.769 bits per heavy atom. The molecule has 1 radical (unpaired) electrons. The maximum Gasteiger partial charge on any atom is -0.0533 e. The first-order chi connectivity index (χ1) is 6.41. The minimum atomic E-state index is 1.11. The molecule has 0 bridgehead atoms. The summed E-state index contributed by atoms with van der Waals surface area (Å²) in [5.41, 5.74) is 0. The molecule has 0 atom stereocenters. The van der Waals surface area contributed by atoms with E-state index < -0.39 is 0 Å². The van der Waals surface area contributed by atoms with Crippen LogP contribution in [0.25, 0.3) is 0 Å². The van der Waals surface area contributed by atoms with Gasteiger partial charge in [-0.3, -0.25) is 0 Å². The van der Waals surface area contributed by atoms with Crippen LogP contribution in [0.3, 0.4) is 0 Å². The zero-order valence-corrected chi connectivity index (χ0v) is 8.71. The van der Waals surface area contributed by atoms with Crippen LogP contribution in [0.5, 0.6) is 0 Å². The first-order valence-electron chi connectivity index (χ1n) is 5.21. The van der Waals surface area contributed by atoms with Crippen molar-refractivity contribution in [2.75, 3.05) is 0 Å². The largest absolute Gasteiger partial charge is 0.0654 e. The van der Waals surface area contributed by atoms with Crippen molar-refractivity contribution in [3.63, 3.8) is 0 Å². The van der Waals surface area contributed by atoms with Crippen molar-refractivity contribution in [1.82, 2.24) is 0 Å². The molecular formula is C13H21. The fourth-order valence-electron chi connectivity index (χ4n) is 0.988. The van der Waals surface area contributed by atoms with Gasteiger partial charge in [-0.15, -0.1) is 0 Å². The van der Waals surface area contributed by atoms with Crippen LogP contribution in [0.2, 0.25) is 0 Å². The van der Waals surface area contributed by atoms with Crippen LogP contribution in [0, 0.1) is 6.92 Å². The van der Waals surface area contributed by atoms with Gasteiger partial charge in [0.2, 0.25) is 0 Å². The molecule has 13 heavy (non-hydrogen) atoms. The molecule has 0 aliphatic carbocycles. The summed E-state index contributed by atoms with van der Waals surface area (Å²) in [7, 11) is 0. The van der Waals surface area contributed by atoms with E-state index in [2.05, 4.69) is 13.8 Å². The lowest BCUT2D eigenvalue weighted by atomic mass is 10.2. The minimum Gasteiger partial charge on any atom is -0.0654 e. The second-order valence-electron chi connectivity index (χ2n) is 3.07. The Hall–Kier alpha value is -0.780. The average Bonchev–Trinajstić information content (AvgIpc) is 2.22. The predicted octanol–water partition coefficient (Wildman–Crippen LogP) is 4.48. The molecular weight excluding hydrogens is 156 g/mol. The minimum absolute atomic E-state index is 1.11. The topological polar surface area (TPSA) is 0 Å². The van der Waals surface area contributed by atoms with Gasteiger partial charge in [-0.05, 0) is 0 Å². The summed E-state index contributed by atoms with van der Waals surface area (Å²) in [6.07, 6.45) is 6.52. The molecule has 73 valence electrons. The van der Waals surface area contributed by atoms with Crippen molar-refractivity contribution in [3.8, 4) is 0 Å². The van der Waals surface area contributed by atoms with Crippen molar-refractivity contribution in [1.29, 1.82) is 0 Å². The van der Waals surface area contributed by atoms with Gasteiger partial charge in [0.25, 0.3) is 0 Å². The Morgan fingerprint density at radius 2 is 1.23 bits per heavy atom. The first-order valence-corrected chi connectivity index (χ1v) is 5.21. The van der Waals surface area contributed by atoms with E-state index in [1.54, 1.807) is 0 Å². The lowest BCUT2D eigenvalue weighted by molar-refractivity contribution is 0.673. The molecule has 0 N–H and O–H groups in total. The van der Waals surface area contributed by atoms with E-state index in [1.807, 2.05) is 36.4 Å². The molecule has 0 unspecified atom stereocenters. The summed E-state index contributed by atoms with van der Waals surface area (Å²) < 4.78 is 0. The van der Waals surface area contributed by atoms with Crippen LogP contribution >= 0.6 is 0 Å². The van der Waals surface area contributed by atoms with Crippen molar-refractivity contribution in [2.45, 2.75) is 39.0 Å². The quantitative estimate of drug-likeness (QED) is 0.595. The average molecular weight is 177 g/mol. The molecule has 0 nitrogen and oxygen atoms in total. The maximum absolute atomic E-state index is 3.76. The zero-order valence-electron chi connectivity index (χ0n) is 8.71. The highest BCUT2D eigenvalue weighted by Crippen LogP contribution is 1.99. The third-order valence-corrected chi connectivity index (χ3v) is 1.77. The lowest BCUT2D eigenvalue weighted by Crippen LogP contribution is -1.71. The second-order valence-corrected chi connectivity index (χ2v) is 3.07. The van der Waals surface area contributed by atoms with Gasteiger partial charge < -0.3 is 0 Å². The predicted molar refractivity (Wildman–Crippen MR) is 60.6 cm³/mol. The highest BCUT2D eigenvalue weighted by molar-refractivity contribution is 4.99. The van der Waals surface area contributed by atoms with Crippen LogP contribution in [-0.2, 0) is 0 Å². The SMILES string of the molecule is [CH2]CCCCCC.c1ccccc1. The van der Waals surface area contributed by atoms with Crippen LogP contribution in [-0.4, -0.2) is 0 Å². The smallest absolute Gasteiger partial charge is 0.0533 e. The normalized spacial score (nSPS) is 8.77. The Bertz CT molecular complexity index is 124. The number of benzene rings is 1. The van der Waals surface area contributed by atoms with E-state index in [1.165, 1.54) is 25.7 Å². The first kappa shape index (κ1) is 12.2. The Labute approximate surface area is 83.0 Å². The summed E-state index contributed by atoms with van der Waals surface area (Å²) >= 11 is 0. The van der Waals surface area contributed by atoms with Crippen molar-refractivity contribution < 1.29 is 0 Å². The van der Waals surface area contributed by atoms with Crippen LogP contribution in [0.1, 0.15) is 39.0 Å². The van der Waals surface area contributed by atoms with Gasteiger partial charge in [0.05, 0.1) is 0 Å². The molecule has 0 heteroatoms. The monoisotopic (exact) mass is 177 g/mol. The highest BCUT2D eigenvalue weighted by Gasteiger charge is 1.80. The molecule has 0 spiro atoms. The molecule has 1 rings (SSSR count). The number of unbranched alkanes of at least 4 members (excludes halogenated alkanes) is 4. The molecule has 0 aliphatic rings. The van der Waals surface area contributed by atoms with Gasteiger partial charge >= 0.3 is 0 Å². The number of rotatable bonds is 4. The van der Waals surface area contributed by atoms with Crippen molar-refractivity contribution in [2.24, 2.45) is 0 Å². The molecule has 0 amide bonds. The maximum atomic E-state index is 3.76. The molecule has 0 saturated carbocycles. The summed E-state index contributed by atoms with van der Waals surface area (Å²) in [4.78, 5) is 0. The second kappa shape index (κ2) is 11.2. The third-order valence-electron chi connectivity index (χ3n) is 1.77. The molecule has 0 heterocycles. The summed E-state index contributed by atoms with van der Waals surface area (Å²) in [6.45, 7) is 5.98. The van der Waals surface area contributed by atoms with Gasteiger partial charge in [-0.2, -0.15) is 0 Å². The molecule has 0 saturated heterocycles. The molecule has 1 aromatic rings. The number of hydrogen-bond acceptors (Lipinski definition) is 0. The van der Waals surface area contributed by atoms with Gasteiger partial charge in [0.15, 0.2) is 0 Å². The van der Waals surface area contributed by atoms with Gasteiger partial charge in [0.1, 0.15) is 0 Å². The lowest BCUT2D eigenvalue weighted by Gasteiger charge is -1.90. The van der Waals surface area contributed by atoms with Crippen molar-refractivity contribution in [3.05, 3.63) is 43.3 Å². The van der Waals surface area contributed by atoms with Gasteiger partial charge in [0, 0.05) is 0 Å². The van der Waals surface area contributed by atoms with Gasteiger partial charge in [-0.1, -0.05) is 82.3 Å². The van der Waals surface area contributed by atoms with Crippen molar-refractivity contribution >= 4 is 0 Å². The molecule has 1 aromatic carbocycles. The molecule has 0 aromatic heterocycles. The van der Waals surface area contributed by atoms with Crippen LogP contribution < -0.4 is 0 Å². The van der Waals surface area contributed by atoms with E-state index in [4.69, 9.17) is 0 Å². The summed E-state index contributed by atoms with van der Waals surface area (Å²) in [6, 6.07) is 12.0. The van der Waals surface area contributed by atoms with E-state index in [0.29, 0.717) is 0 Å². The third kappa shape index (κ3) is 11.2. The summed E-state index contributed by atoms with van der Waals surface area (Å²) in [5, 5.41) is 0. The Balaban J connectivity index is 0.000000223. The van der Waals surface area contributed by atoms with E-state index in [9.17, 15) is 0 Å².